The van der Waals surface area contributed by atoms with E-state index in [9.17, 15) is 0 Å². The predicted octanol–water partition coefficient (Wildman–Crippen LogP) is 2.87. The molecule has 0 atom stereocenters. The molecule has 2 aromatic rings. The Labute approximate surface area is 121 Å². The minimum atomic E-state index is 0.687. The fourth-order valence-electron chi connectivity index (χ4n) is 1.79. The number of hydrogen-bond acceptors (Lipinski definition) is 4. The molecule has 0 unspecified atom stereocenters. The molecule has 1 aliphatic rings. The smallest absolute Gasteiger partial charge is 0.195 e. The number of rotatable bonds is 5. The van der Waals surface area contributed by atoms with Gasteiger partial charge < -0.3 is 9.88 Å². The van der Waals surface area contributed by atoms with Crippen molar-refractivity contribution < 1.29 is 0 Å². The van der Waals surface area contributed by atoms with Gasteiger partial charge in [-0.05, 0) is 48.4 Å². The Hall–Kier alpha value is -1.04. The van der Waals surface area contributed by atoms with E-state index in [2.05, 4.69) is 15.5 Å². The van der Waals surface area contributed by atoms with Gasteiger partial charge in [0.05, 0.1) is 0 Å². The Balaban J connectivity index is 1.80. The first-order valence-corrected chi connectivity index (χ1v) is 7.45. The van der Waals surface area contributed by atoms with Crippen LogP contribution in [0.25, 0.3) is 0 Å². The lowest BCUT2D eigenvalue weighted by atomic mass is 10.2. The second-order valence-corrected chi connectivity index (χ2v) is 6.18. The molecule has 0 amide bonds. The third-order valence-corrected chi connectivity index (χ3v) is 4.46. The van der Waals surface area contributed by atoms with Gasteiger partial charge in [0.25, 0.3) is 0 Å². The van der Waals surface area contributed by atoms with Gasteiger partial charge in [0, 0.05) is 29.6 Å². The van der Waals surface area contributed by atoms with E-state index < -0.39 is 0 Å². The van der Waals surface area contributed by atoms with E-state index in [0.29, 0.717) is 6.04 Å². The lowest BCUT2D eigenvalue weighted by Crippen LogP contribution is -2.15. The molecule has 1 aliphatic carbocycles. The van der Waals surface area contributed by atoms with E-state index in [4.69, 9.17) is 11.6 Å². The lowest BCUT2D eigenvalue weighted by Gasteiger charge is -2.10. The second kappa shape index (κ2) is 5.53. The fourth-order valence-corrected chi connectivity index (χ4v) is 2.86. The van der Waals surface area contributed by atoms with E-state index >= 15 is 0 Å². The van der Waals surface area contributed by atoms with Crippen LogP contribution in [0.15, 0.2) is 34.6 Å². The Morgan fingerprint density at radius 1 is 1.47 bits per heavy atom. The third kappa shape index (κ3) is 3.29. The molecule has 0 bridgehead atoms. The molecule has 6 heteroatoms. The zero-order valence-electron chi connectivity index (χ0n) is 10.6. The summed E-state index contributed by atoms with van der Waals surface area (Å²) in [7, 11) is 1.94. The zero-order valence-corrected chi connectivity index (χ0v) is 12.2. The van der Waals surface area contributed by atoms with E-state index in [0.717, 1.165) is 16.7 Å². The molecule has 1 heterocycles. The van der Waals surface area contributed by atoms with Gasteiger partial charge >= 0.3 is 0 Å². The molecule has 0 aliphatic heterocycles. The molecule has 0 radical (unpaired) electrons. The van der Waals surface area contributed by atoms with E-state index in [1.807, 2.05) is 29.8 Å². The van der Waals surface area contributed by atoms with E-state index in [-0.39, 0.29) is 0 Å². The SMILES string of the molecule is Cn1cnnc1Sc1ccc(Cl)cc1CNC1CC1. The quantitative estimate of drug-likeness (QED) is 0.921. The molecule has 1 aromatic heterocycles. The van der Waals surface area contributed by atoms with Crippen molar-refractivity contribution >= 4 is 23.4 Å². The molecule has 3 rings (SSSR count). The van der Waals surface area contributed by atoms with E-state index in [1.165, 1.54) is 23.3 Å². The highest BCUT2D eigenvalue weighted by Crippen LogP contribution is 2.31. The Bertz CT molecular complexity index is 580. The summed E-state index contributed by atoms with van der Waals surface area (Å²) < 4.78 is 1.91. The monoisotopic (exact) mass is 294 g/mol. The average Bonchev–Trinajstić information content (AvgIpc) is 3.14. The number of nitrogens with one attached hydrogen (secondary N) is 1. The third-order valence-electron chi connectivity index (χ3n) is 3.05. The van der Waals surface area contributed by atoms with Crippen LogP contribution in [-0.2, 0) is 13.6 Å². The van der Waals surface area contributed by atoms with Crippen molar-refractivity contribution in [3.05, 3.63) is 35.1 Å². The summed E-state index contributed by atoms with van der Waals surface area (Å²) in [6.45, 7) is 0.853. The van der Waals surface area contributed by atoms with Crippen molar-refractivity contribution in [2.45, 2.75) is 35.5 Å². The van der Waals surface area contributed by atoms with Crippen LogP contribution in [0, 0.1) is 0 Å². The minimum Gasteiger partial charge on any atom is -0.311 e. The fraction of sp³-hybridized carbons (Fsp3) is 0.385. The second-order valence-electron chi connectivity index (χ2n) is 4.73. The zero-order chi connectivity index (χ0) is 13.2. The average molecular weight is 295 g/mol. The summed E-state index contributed by atoms with van der Waals surface area (Å²) in [6.07, 6.45) is 4.28. The summed E-state index contributed by atoms with van der Waals surface area (Å²) >= 11 is 7.71. The molecular formula is C13H15ClN4S. The maximum Gasteiger partial charge on any atom is 0.195 e. The summed E-state index contributed by atoms with van der Waals surface area (Å²) in [5.41, 5.74) is 1.22. The van der Waals surface area contributed by atoms with Gasteiger partial charge in [-0.3, -0.25) is 0 Å². The van der Waals surface area contributed by atoms with Crippen molar-refractivity contribution in [1.29, 1.82) is 0 Å². The van der Waals surface area contributed by atoms with Crippen molar-refractivity contribution in [3.63, 3.8) is 0 Å². The molecule has 1 saturated carbocycles. The van der Waals surface area contributed by atoms with Crippen molar-refractivity contribution in [2.24, 2.45) is 7.05 Å². The molecule has 1 fully saturated rings. The van der Waals surface area contributed by atoms with Crippen LogP contribution < -0.4 is 5.32 Å². The molecule has 19 heavy (non-hydrogen) atoms. The van der Waals surface area contributed by atoms with Gasteiger partial charge in [-0.15, -0.1) is 10.2 Å². The first-order chi connectivity index (χ1) is 9.22. The summed E-state index contributed by atoms with van der Waals surface area (Å²) in [4.78, 5) is 1.17. The van der Waals surface area contributed by atoms with Gasteiger partial charge in [-0.1, -0.05) is 11.6 Å². The largest absolute Gasteiger partial charge is 0.311 e. The number of nitrogens with zero attached hydrogens (tertiary/aromatic N) is 3. The van der Waals surface area contributed by atoms with Crippen LogP contribution in [0.5, 0.6) is 0 Å². The van der Waals surface area contributed by atoms with Crippen LogP contribution in [0.4, 0.5) is 0 Å². The number of hydrogen-bond donors (Lipinski definition) is 1. The number of aromatic nitrogens is 3. The number of aryl methyl sites for hydroxylation is 1. The first kappa shape index (κ1) is 13.0. The number of halogens is 1. The molecule has 0 spiro atoms. The molecular weight excluding hydrogens is 280 g/mol. The summed E-state index contributed by atoms with van der Waals surface area (Å²) in [5, 5.41) is 13.2. The van der Waals surface area contributed by atoms with Crippen LogP contribution in [0.3, 0.4) is 0 Å². The normalized spacial score (nSPS) is 14.8. The highest BCUT2D eigenvalue weighted by molar-refractivity contribution is 7.99. The molecule has 0 saturated heterocycles. The van der Waals surface area contributed by atoms with Crippen molar-refractivity contribution in [1.82, 2.24) is 20.1 Å². The Morgan fingerprint density at radius 2 is 2.32 bits per heavy atom. The standard InChI is InChI=1S/C13H15ClN4S/c1-18-8-16-17-13(18)19-12-5-2-10(14)6-9(12)7-15-11-3-4-11/h2,5-6,8,11,15H,3-4,7H2,1H3. The van der Waals surface area contributed by atoms with Crippen LogP contribution in [-0.4, -0.2) is 20.8 Å². The van der Waals surface area contributed by atoms with Gasteiger partial charge in [0.2, 0.25) is 0 Å². The molecule has 100 valence electrons. The van der Waals surface area contributed by atoms with E-state index in [1.54, 1.807) is 18.1 Å². The number of benzene rings is 1. The van der Waals surface area contributed by atoms with Gasteiger partial charge in [0.15, 0.2) is 5.16 Å². The summed E-state index contributed by atoms with van der Waals surface area (Å²) in [5.74, 6) is 0. The first-order valence-electron chi connectivity index (χ1n) is 6.26. The Morgan fingerprint density at radius 3 is 3.00 bits per heavy atom. The predicted molar refractivity (Wildman–Crippen MR) is 76.4 cm³/mol. The maximum absolute atomic E-state index is 6.09. The highest BCUT2D eigenvalue weighted by Gasteiger charge is 2.20. The lowest BCUT2D eigenvalue weighted by molar-refractivity contribution is 0.680. The summed E-state index contributed by atoms with van der Waals surface area (Å²) in [6, 6.07) is 6.67. The van der Waals surface area contributed by atoms with Crippen LogP contribution in [0.1, 0.15) is 18.4 Å². The highest BCUT2D eigenvalue weighted by atomic mass is 35.5. The van der Waals surface area contributed by atoms with Gasteiger partial charge in [-0.25, -0.2) is 0 Å². The maximum atomic E-state index is 6.09. The van der Waals surface area contributed by atoms with Crippen LogP contribution in [0.2, 0.25) is 5.02 Å². The van der Waals surface area contributed by atoms with Crippen molar-refractivity contribution in [3.8, 4) is 0 Å². The Kier molecular flexibility index (Phi) is 3.77. The minimum absolute atomic E-state index is 0.687. The molecule has 4 nitrogen and oxygen atoms in total. The topological polar surface area (TPSA) is 42.7 Å². The molecule has 1 N–H and O–H groups in total. The molecule has 1 aromatic carbocycles. The van der Waals surface area contributed by atoms with Gasteiger partial charge in [-0.2, -0.15) is 0 Å². The van der Waals surface area contributed by atoms with Gasteiger partial charge in [0.1, 0.15) is 6.33 Å². The van der Waals surface area contributed by atoms with Crippen LogP contribution >= 0.6 is 23.4 Å². The van der Waals surface area contributed by atoms with Crippen molar-refractivity contribution in [2.75, 3.05) is 0 Å².